The van der Waals surface area contributed by atoms with Crippen molar-refractivity contribution in [3.63, 3.8) is 0 Å². The first-order valence-corrected chi connectivity index (χ1v) is 18.7. The van der Waals surface area contributed by atoms with E-state index < -0.39 is 0 Å². The van der Waals surface area contributed by atoms with Crippen LogP contribution >= 0.6 is 0 Å². The number of unbranched alkanes of at least 4 members (excludes halogenated alkanes) is 8. The van der Waals surface area contributed by atoms with Crippen LogP contribution in [-0.2, 0) is 30.1 Å². The first kappa shape index (κ1) is 35.8. The summed E-state index contributed by atoms with van der Waals surface area (Å²) in [5.41, 5.74) is 6.77. The van der Waals surface area contributed by atoms with E-state index in [4.69, 9.17) is 10.2 Å². The molecule has 0 bridgehead atoms. The van der Waals surface area contributed by atoms with Crippen molar-refractivity contribution >= 4 is 0 Å². The van der Waals surface area contributed by atoms with Crippen molar-refractivity contribution in [1.82, 2.24) is 0 Å². The van der Waals surface area contributed by atoms with Crippen LogP contribution in [0.5, 0.6) is 11.5 Å². The van der Waals surface area contributed by atoms with Crippen molar-refractivity contribution in [2.75, 3.05) is 13.2 Å². The van der Waals surface area contributed by atoms with Crippen molar-refractivity contribution in [2.45, 2.75) is 172 Å². The van der Waals surface area contributed by atoms with E-state index in [1.165, 1.54) is 49.7 Å². The number of aliphatic hydroxyl groups is 2. The Balaban J connectivity index is 1.65. The highest BCUT2D eigenvalue weighted by atomic mass is 16.3. The molecule has 0 amide bonds. The number of hydrogen-bond acceptors (Lipinski definition) is 4. The molecule has 0 aliphatic heterocycles. The van der Waals surface area contributed by atoms with Gasteiger partial charge < -0.3 is 20.4 Å². The van der Waals surface area contributed by atoms with Crippen LogP contribution < -0.4 is 0 Å². The molecule has 2 aromatic rings. The van der Waals surface area contributed by atoms with E-state index in [9.17, 15) is 10.2 Å². The minimum atomic E-state index is -0.00509. The standard InChI is InChI=1S/C41H64O4/c1-40(21-13-9-14-22-40)36-29-32(19-11-5-3-7-17-25-42)27-34(38(36)44)31-35-28-33(20-12-6-4-8-18-26-43)30-37(39(35)45)41(2)23-15-10-16-24-41/h27-30,42-45H,3-26,31H2,1-2H3. The van der Waals surface area contributed by atoms with Crippen LogP contribution in [0, 0.1) is 0 Å². The Morgan fingerprint density at radius 2 is 0.844 bits per heavy atom. The maximum atomic E-state index is 11.9. The lowest BCUT2D eigenvalue weighted by atomic mass is 9.69. The van der Waals surface area contributed by atoms with Gasteiger partial charge in [0.1, 0.15) is 11.5 Å². The summed E-state index contributed by atoms with van der Waals surface area (Å²) in [6.45, 7) is 5.26. The second-order valence-electron chi connectivity index (χ2n) is 15.2. The van der Waals surface area contributed by atoms with Gasteiger partial charge in [0, 0.05) is 30.8 Å². The molecule has 2 aromatic carbocycles. The summed E-state index contributed by atoms with van der Waals surface area (Å²) in [5, 5.41) is 42.1. The molecule has 2 fully saturated rings. The lowest BCUT2D eigenvalue weighted by molar-refractivity contribution is 0.282. The van der Waals surface area contributed by atoms with E-state index in [0.29, 0.717) is 17.9 Å². The molecular formula is C41H64O4. The van der Waals surface area contributed by atoms with E-state index in [1.54, 1.807) is 0 Å². The average molecular weight is 621 g/mol. The Morgan fingerprint density at radius 3 is 1.22 bits per heavy atom. The van der Waals surface area contributed by atoms with Gasteiger partial charge in [0.2, 0.25) is 0 Å². The molecule has 252 valence electrons. The molecule has 2 aliphatic rings. The van der Waals surface area contributed by atoms with Gasteiger partial charge in [-0.15, -0.1) is 0 Å². The van der Waals surface area contributed by atoms with Crippen molar-refractivity contribution < 1.29 is 20.4 Å². The number of phenolic OH excluding ortho intramolecular Hbond substituents is 2. The second-order valence-corrected chi connectivity index (χ2v) is 15.2. The third-order valence-corrected chi connectivity index (χ3v) is 11.3. The highest BCUT2D eigenvalue weighted by Gasteiger charge is 2.34. The quantitative estimate of drug-likeness (QED) is 0.125. The van der Waals surface area contributed by atoms with E-state index in [0.717, 1.165) is 125 Å². The monoisotopic (exact) mass is 620 g/mol. The van der Waals surface area contributed by atoms with Crippen LogP contribution in [0.2, 0.25) is 0 Å². The Labute approximate surface area is 274 Å². The van der Waals surface area contributed by atoms with Gasteiger partial charge >= 0.3 is 0 Å². The average Bonchev–Trinajstić information content (AvgIpc) is 3.03. The SMILES string of the molecule is CC1(c2cc(CCCCCCCO)cc(Cc3cc(CCCCCCCO)cc(C4(C)CCCCC4)c3O)c2O)CCCCC1. The van der Waals surface area contributed by atoms with Crippen LogP contribution in [-0.4, -0.2) is 33.6 Å². The second kappa shape index (κ2) is 17.8. The molecule has 0 radical (unpaired) electrons. The van der Waals surface area contributed by atoms with E-state index >= 15 is 0 Å². The predicted octanol–water partition coefficient (Wildman–Crippen LogP) is 10.1. The minimum absolute atomic E-state index is 0.00509. The summed E-state index contributed by atoms with van der Waals surface area (Å²) in [6.07, 6.45) is 25.2. The molecule has 0 unspecified atom stereocenters. The number of aromatic hydroxyl groups is 2. The highest BCUT2D eigenvalue weighted by molar-refractivity contribution is 5.54. The van der Waals surface area contributed by atoms with E-state index in [2.05, 4.69) is 38.1 Å². The molecule has 4 rings (SSSR count). The third kappa shape index (κ3) is 9.97. The zero-order chi connectivity index (χ0) is 32.1. The molecule has 0 heterocycles. The Kier molecular flexibility index (Phi) is 14.1. The van der Waals surface area contributed by atoms with Gasteiger partial charge in [0.15, 0.2) is 0 Å². The van der Waals surface area contributed by atoms with Crippen molar-refractivity contribution in [1.29, 1.82) is 0 Å². The summed E-state index contributed by atoms with van der Waals surface area (Å²) in [7, 11) is 0. The summed E-state index contributed by atoms with van der Waals surface area (Å²) < 4.78 is 0. The molecular weight excluding hydrogens is 556 g/mol. The Morgan fingerprint density at radius 1 is 0.489 bits per heavy atom. The fourth-order valence-electron chi connectivity index (χ4n) is 8.35. The van der Waals surface area contributed by atoms with Gasteiger partial charge in [0.05, 0.1) is 0 Å². The number of benzene rings is 2. The highest BCUT2D eigenvalue weighted by Crippen LogP contribution is 2.47. The molecule has 2 aliphatic carbocycles. The van der Waals surface area contributed by atoms with E-state index in [1.807, 2.05) is 0 Å². The number of rotatable bonds is 18. The molecule has 0 saturated heterocycles. The first-order valence-electron chi connectivity index (χ1n) is 18.7. The summed E-state index contributed by atoms with van der Waals surface area (Å²) >= 11 is 0. The molecule has 0 aromatic heterocycles. The molecule has 45 heavy (non-hydrogen) atoms. The van der Waals surface area contributed by atoms with Gasteiger partial charge in [-0.05, 0) is 97.3 Å². The Bertz CT molecular complexity index is 1080. The summed E-state index contributed by atoms with van der Waals surface area (Å²) in [4.78, 5) is 0. The largest absolute Gasteiger partial charge is 0.507 e. The minimum Gasteiger partial charge on any atom is -0.507 e. The summed E-state index contributed by atoms with van der Waals surface area (Å²) in [6, 6.07) is 9.07. The van der Waals surface area contributed by atoms with Gasteiger partial charge in [-0.25, -0.2) is 0 Å². The van der Waals surface area contributed by atoms with Crippen LogP contribution in [0.4, 0.5) is 0 Å². The van der Waals surface area contributed by atoms with Crippen LogP contribution in [0.25, 0.3) is 0 Å². The molecule has 0 spiro atoms. The fraction of sp³-hybridized carbons (Fsp3) is 0.707. The van der Waals surface area contributed by atoms with Gasteiger partial charge in [0.25, 0.3) is 0 Å². The third-order valence-electron chi connectivity index (χ3n) is 11.3. The normalized spacial score (nSPS) is 17.9. The zero-order valence-electron chi connectivity index (χ0n) is 28.8. The fourth-order valence-corrected chi connectivity index (χ4v) is 8.35. The molecule has 0 atom stereocenters. The van der Waals surface area contributed by atoms with Crippen molar-refractivity contribution in [3.8, 4) is 11.5 Å². The predicted molar refractivity (Wildman–Crippen MR) is 188 cm³/mol. The lowest BCUT2D eigenvalue weighted by Crippen LogP contribution is -2.26. The number of phenols is 2. The molecule has 2 saturated carbocycles. The maximum Gasteiger partial charge on any atom is 0.122 e. The van der Waals surface area contributed by atoms with Gasteiger partial charge in [-0.1, -0.05) is 115 Å². The summed E-state index contributed by atoms with van der Waals surface area (Å²) in [5.74, 6) is 0.899. The zero-order valence-corrected chi connectivity index (χ0v) is 28.8. The topological polar surface area (TPSA) is 80.9 Å². The van der Waals surface area contributed by atoms with E-state index in [-0.39, 0.29) is 24.0 Å². The van der Waals surface area contributed by atoms with Crippen LogP contribution in [0.3, 0.4) is 0 Å². The van der Waals surface area contributed by atoms with Gasteiger partial charge in [-0.2, -0.15) is 0 Å². The molecule has 4 heteroatoms. The maximum absolute atomic E-state index is 11.9. The van der Waals surface area contributed by atoms with Crippen LogP contribution in [0.1, 0.15) is 176 Å². The number of aliphatic hydroxyl groups excluding tert-OH is 2. The number of aryl methyl sites for hydroxylation is 2. The number of hydrogen-bond donors (Lipinski definition) is 4. The first-order chi connectivity index (χ1) is 21.8. The van der Waals surface area contributed by atoms with Crippen molar-refractivity contribution in [3.05, 3.63) is 57.6 Å². The molecule has 4 N–H and O–H groups in total. The van der Waals surface area contributed by atoms with Crippen LogP contribution in [0.15, 0.2) is 24.3 Å². The Hall–Kier alpha value is -2.04. The smallest absolute Gasteiger partial charge is 0.122 e. The van der Waals surface area contributed by atoms with Crippen molar-refractivity contribution in [2.24, 2.45) is 0 Å². The molecule has 4 nitrogen and oxygen atoms in total. The lowest BCUT2D eigenvalue weighted by Gasteiger charge is -2.36. The van der Waals surface area contributed by atoms with Gasteiger partial charge in [-0.3, -0.25) is 0 Å².